The normalized spacial score (nSPS) is 28.9. The Morgan fingerprint density at radius 1 is 1.36 bits per heavy atom. The average Bonchev–Trinajstić information content (AvgIpc) is 2.34. The van der Waals surface area contributed by atoms with Crippen molar-refractivity contribution in [3.8, 4) is 0 Å². The van der Waals surface area contributed by atoms with Crippen molar-refractivity contribution in [3.05, 3.63) is 0 Å². The third-order valence-corrected chi connectivity index (χ3v) is 2.89. The summed E-state index contributed by atoms with van der Waals surface area (Å²) in [6.07, 6.45) is 3.04. The van der Waals surface area contributed by atoms with Crippen LogP contribution in [0.3, 0.4) is 0 Å². The topological polar surface area (TPSA) is 9.23 Å². The van der Waals surface area contributed by atoms with Crippen LogP contribution < -0.4 is 0 Å². The largest absolute Gasteiger partial charge is 0.378 e. The van der Waals surface area contributed by atoms with E-state index in [2.05, 4.69) is 27.7 Å². The van der Waals surface area contributed by atoms with Crippen LogP contribution in [-0.2, 0) is 4.74 Å². The van der Waals surface area contributed by atoms with Gasteiger partial charge in [0.1, 0.15) is 0 Å². The zero-order valence-corrected chi connectivity index (χ0v) is 8.18. The van der Waals surface area contributed by atoms with Gasteiger partial charge in [0.2, 0.25) is 0 Å². The molecule has 0 radical (unpaired) electrons. The van der Waals surface area contributed by atoms with Gasteiger partial charge in [-0.1, -0.05) is 27.7 Å². The first kappa shape index (κ1) is 9.05. The fourth-order valence-corrected chi connectivity index (χ4v) is 1.55. The third-order valence-electron chi connectivity index (χ3n) is 2.89. The van der Waals surface area contributed by atoms with E-state index in [0.29, 0.717) is 17.4 Å². The second kappa shape index (κ2) is 3.14. The van der Waals surface area contributed by atoms with Crippen LogP contribution in [-0.4, -0.2) is 12.7 Å². The van der Waals surface area contributed by atoms with Gasteiger partial charge >= 0.3 is 0 Å². The lowest BCUT2D eigenvalue weighted by molar-refractivity contribution is 0.0251. The van der Waals surface area contributed by atoms with Gasteiger partial charge in [0.15, 0.2) is 0 Å². The van der Waals surface area contributed by atoms with Crippen LogP contribution in [0.1, 0.15) is 40.5 Å². The Kier molecular flexibility index (Phi) is 2.58. The monoisotopic (exact) mass is 156 g/mol. The summed E-state index contributed by atoms with van der Waals surface area (Å²) in [6.45, 7) is 10.2. The molecule has 0 aromatic carbocycles. The second-order valence-electron chi connectivity index (χ2n) is 4.71. The molecule has 2 atom stereocenters. The molecule has 1 nitrogen and oxygen atoms in total. The molecule has 1 heteroatoms. The number of ether oxygens (including phenoxy) is 1. The van der Waals surface area contributed by atoms with Gasteiger partial charge in [-0.3, -0.25) is 0 Å². The van der Waals surface area contributed by atoms with E-state index in [9.17, 15) is 0 Å². The lowest BCUT2D eigenvalue weighted by Crippen LogP contribution is -2.29. The Hall–Kier alpha value is -0.0400. The van der Waals surface area contributed by atoms with E-state index >= 15 is 0 Å². The van der Waals surface area contributed by atoms with E-state index < -0.39 is 0 Å². The van der Waals surface area contributed by atoms with Crippen molar-refractivity contribution < 1.29 is 4.74 Å². The summed E-state index contributed by atoms with van der Waals surface area (Å²) in [4.78, 5) is 0. The third kappa shape index (κ3) is 2.19. The molecule has 0 aliphatic carbocycles. The van der Waals surface area contributed by atoms with Crippen molar-refractivity contribution in [2.24, 2.45) is 11.3 Å². The lowest BCUT2D eigenvalue weighted by Gasteiger charge is -2.31. The van der Waals surface area contributed by atoms with Crippen LogP contribution in [0.4, 0.5) is 0 Å². The van der Waals surface area contributed by atoms with E-state index in [4.69, 9.17) is 4.74 Å². The van der Waals surface area contributed by atoms with Gasteiger partial charge in [-0.15, -0.1) is 0 Å². The molecule has 0 aromatic rings. The first-order valence-electron chi connectivity index (χ1n) is 4.63. The highest BCUT2D eigenvalue weighted by molar-refractivity contribution is 4.80. The van der Waals surface area contributed by atoms with Crippen molar-refractivity contribution in [2.75, 3.05) is 6.61 Å². The van der Waals surface area contributed by atoms with Gasteiger partial charge in [0.25, 0.3) is 0 Å². The molecule has 1 aliphatic heterocycles. The first-order valence-corrected chi connectivity index (χ1v) is 4.63. The fraction of sp³-hybridized carbons (Fsp3) is 1.00. The van der Waals surface area contributed by atoms with Gasteiger partial charge in [0.05, 0.1) is 6.10 Å². The van der Waals surface area contributed by atoms with Crippen molar-refractivity contribution in [2.45, 2.75) is 46.6 Å². The molecule has 0 amide bonds. The van der Waals surface area contributed by atoms with E-state index in [1.54, 1.807) is 0 Å². The Balaban J connectivity index is 2.46. The van der Waals surface area contributed by atoms with Crippen LogP contribution in [0.15, 0.2) is 0 Å². The molecular formula is C10H20O. The molecule has 0 bridgehead atoms. The van der Waals surface area contributed by atoms with Gasteiger partial charge in [-0.05, 0) is 24.2 Å². The highest BCUT2D eigenvalue weighted by Crippen LogP contribution is 2.33. The maximum atomic E-state index is 5.64. The van der Waals surface area contributed by atoms with E-state index in [-0.39, 0.29) is 0 Å². The maximum Gasteiger partial charge on any atom is 0.0606 e. The molecular weight excluding hydrogens is 136 g/mol. The first-order chi connectivity index (χ1) is 5.02. The van der Waals surface area contributed by atoms with Gasteiger partial charge in [0, 0.05) is 6.61 Å². The minimum atomic E-state index is 0.398. The van der Waals surface area contributed by atoms with E-state index in [0.717, 1.165) is 6.61 Å². The molecule has 1 rings (SSSR count). The highest BCUT2D eigenvalue weighted by Gasteiger charge is 2.30. The molecule has 1 saturated heterocycles. The summed E-state index contributed by atoms with van der Waals surface area (Å²) in [7, 11) is 0. The molecule has 0 saturated carbocycles. The quantitative estimate of drug-likeness (QED) is 0.567. The average molecular weight is 156 g/mol. The Morgan fingerprint density at radius 3 is 2.36 bits per heavy atom. The van der Waals surface area contributed by atoms with Crippen LogP contribution in [0.5, 0.6) is 0 Å². The summed E-state index contributed by atoms with van der Waals surface area (Å²) in [6, 6.07) is 0. The maximum absolute atomic E-state index is 5.64. The molecule has 1 aliphatic rings. The van der Waals surface area contributed by atoms with Crippen LogP contribution in [0.25, 0.3) is 0 Å². The van der Waals surface area contributed by atoms with Crippen LogP contribution >= 0.6 is 0 Å². The van der Waals surface area contributed by atoms with Gasteiger partial charge in [-0.2, -0.15) is 0 Å². The summed E-state index contributed by atoms with van der Waals surface area (Å²) in [5, 5.41) is 0. The summed E-state index contributed by atoms with van der Waals surface area (Å²) < 4.78 is 5.64. The molecule has 11 heavy (non-hydrogen) atoms. The predicted octanol–water partition coefficient (Wildman–Crippen LogP) is 2.85. The van der Waals surface area contributed by atoms with Crippen molar-refractivity contribution in [1.29, 1.82) is 0 Å². The van der Waals surface area contributed by atoms with Gasteiger partial charge in [-0.25, -0.2) is 0 Å². The second-order valence-corrected chi connectivity index (χ2v) is 4.71. The number of rotatable bonds is 1. The Morgan fingerprint density at radius 2 is 2.00 bits per heavy atom. The zero-order chi connectivity index (χ0) is 8.48. The van der Waals surface area contributed by atoms with Gasteiger partial charge < -0.3 is 4.74 Å². The SMILES string of the molecule is C[C@H]([C@H]1CCCO1)C(C)(C)C. The van der Waals surface area contributed by atoms with Crippen molar-refractivity contribution >= 4 is 0 Å². The summed E-state index contributed by atoms with van der Waals surface area (Å²) >= 11 is 0. The van der Waals surface area contributed by atoms with E-state index in [1.165, 1.54) is 12.8 Å². The smallest absolute Gasteiger partial charge is 0.0606 e. The minimum Gasteiger partial charge on any atom is -0.378 e. The molecule has 0 unspecified atom stereocenters. The summed E-state index contributed by atoms with van der Waals surface area (Å²) in [5.74, 6) is 0.685. The predicted molar refractivity (Wildman–Crippen MR) is 47.6 cm³/mol. The molecule has 0 spiro atoms. The van der Waals surface area contributed by atoms with Crippen LogP contribution in [0, 0.1) is 11.3 Å². The highest BCUT2D eigenvalue weighted by atomic mass is 16.5. The molecule has 0 N–H and O–H groups in total. The van der Waals surface area contributed by atoms with Crippen molar-refractivity contribution in [3.63, 3.8) is 0 Å². The van der Waals surface area contributed by atoms with Crippen LogP contribution in [0.2, 0.25) is 0 Å². The molecule has 0 aromatic heterocycles. The number of hydrogen-bond acceptors (Lipinski definition) is 1. The molecule has 1 heterocycles. The summed E-state index contributed by atoms with van der Waals surface area (Å²) in [5.41, 5.74) is 0.398. The standard InChI is InChI=1S/C10H20O/c1-8(10(2,3)4)9-6-5-7-11-9/h8-9H,5-7H2,1-4H3/t8-,9-/m1/s1. The zero-order valence-electron chi connectivity index (χ0n) is 8.18. The Bertz CT molecular complexity index is 117. The van der Waals surface area contributed by atoms with E-state index in [1.807, 2.05) is 0 Å². The number of hydrogen-bond donors (Lipinski definition) is 0. The molecule has 66 valence electrons. The fourth-order valence-electron chi connectivity index (χ4n) is 1.55. The lowest BCUT2D eigenvalue weighted by atomic mass is 9.78. The minimum absolute atomic E-state index is 0.398. The van der Waals surface area contributed by atoms with Crippen molar-refractivity contribution in [1.82, 2.24) is 0 Å². The Labute approximate surface area is 70.1 Å². The molecule has 1 fully saturated rings.